The van der Waals surface area contributed by atoms with Crippen LogP contribution in [0.15, 0.2) is 10.9 Å². The molecule has 0 atom stereocenters. The fraction of sp³-hybridized carbons (Fsp3) is 0.333. The molecule has 0 unspecified atom stereocenters. The monoisotopic (exact) mass is 287 g/mol. The van der Waals surface area contributed by atoms with Crippen molar-refractivity contribution in [1.29, 1.82) is 0 Å². The van der Waals surface area contributed by atoms with Crippen molar-refractivity contribution in [3.63, 3.8) is 0 Å². The molecule has 0 fully saturated rings. The first kappa shape index (κ1) is 14.9. The molecular weight excluding hydrogens is 281 g/mol. The normalized spacial score (nSPS) is 11.7. The molecule has 2 N–H and O–H groups in total. The first-order valence-corrected chi connectivity index (χ1v) is 4.62. The predicted octanol–water partition coefficient (Wildman–Crippen LogP) is 1.84. The van der Waals surface area contributed by atoms with Crippen LogP contribution in [0.5, 0.6) is 5.75 Å². The van der Waals surface area contributed by atoms with Crippen LogP contribution in [-0.2, 0) is 11.2 Å². The summed E-state index contributed by atoms with van der Waals surface area (Å²) in [7, 11) is 0. The summed E-state index contributed by atoms with van der Waals surface area (Å²) in [5, 5.41) is 8.47. The molecule has 0 radical (unpaired) electrons. The van der Waals surface area contributed by atoms with Gasteiger partial charge in [-0.15, -0.1) is 13.2 Å². The van der Waals surface area contributed by atoms with Crippen molar-refractivity contribution in [2.24, 2.45) is 0 Å². The lowest BCUT2D eigenvalue weighted by Gasteiger charge is -2.11. The molecule has 0 aliphatic carbocycles. The molecule has 10 heteroatoms. The number of nitrogens with one attached hydrogen (secondary N) is 1. The van der Waals surface area contributed by atoms with Crippen molar-refractivity contribution in [3.8, 4) is 5.75 Å². The summed E-state index contributed by atoms with van der Waals surface area (Å²) < 4.78 is 64.1. The molecule has 0 aromatic carbocycles. The third kappa shape index (κ3) is 4.23. The third-order valence-electron chi connectivity index (χ3n) is 1.91. The van der Waals surface area contributed by atoms with E-state index in [9.17, 15) is 31.5 Å². The minimum atomic E-state index is -5.19. The summed E-state index contributed by atoms with van der Waals surface area (Å²) >= 11 is 0. The van der Waals surface area contributed by atoms with E-state index in [-0.39, 0.29) is 0 Å². The lowest BCUT2D eigenvalue weighted by Crippen LogP contribution is -2.24. The number of hydrogen-bond acceptors (Lipinski definition) is 3. The minimum Gasteiger partial charge on any atom is -0.481 e. The molecule has 1 aromatic heterocycles. The Morgan fingerprint density at radius 1 is 1.42 bits per heavy atom. The van der Waals surface area contributed by atoms with E-state index in [1.165, 1.54) is 4.98 Å². The Morgan fingerprint density at radius 2 is 2.00 bits per heavy atom. The van der Waals surface area contributed by atoms with Gasteiger partial charge < -0.3 is 14.8 Å². The van der Waals surface area contributed by atoms with Crippen molar-refractivity contribution >= 4 is 5.97 Å². The molecule has 0 amide bonds. The number of aliphatic carboxylic acids is 1. The van der Waals surface area contributed by atoms with Gasteiger partial charge in [-0.2, -0.15) is 0 Å². The number of carboxylic acids is 1. The molecule has 1 heterocycles. The standard InChI is InChI=1S/C9H6F5NO4/c10-7(11)6-3(2-5(16)17)1-4(8(18)15-6)19-9(12,13)14/h1,7H,2H2,(H,15,18)(H,16,17). The summed E-state index contributed by atoms with van der Waals surface area (Å²) in [5.41, 5.74) is -3.25. The van der Waals surface area contributed by atoms with E-state index in [0.717, 1.165) is 0 Å². The molecule has 0 spiro atoms. The quantitative estimate of drug-likeness (QED) is 0.828. The number of aromatic nitrogens is 1. The zero-order valence-corrected chi connectivity index (χ0v) is 8.92. The molecule has 0 saturated heterocycles. The summed E-state index contributed by atoms with van der Waals surface area (Å²) in [5.74, 6) is -2.85. The van der Waals surface area contributed by atoms with E-state index in [1.807, 2.05) is 0 Å². The molecule has 5 nitrogen and oxygen atoms in total. The van der Waals surface area contributed by atoms with E-state index >= 15 is 0 Å². The number of H-pyrrole nitrogens is 1. The van der Waals surface area contributed by atoms with Crippen molar-refractivity contribution in [1.82, 2.24) is 4.98 Å². The number of carbonyl (C=O) groups is 1. The molecule has 0 aliphatic rings. The second-order valence-electron chi connectivity index (χ2n) is 3.32. The van der Waals surface area contributed by atoms with Crippen LogP contribution in [0.25, 0.3) is 0 Å². The van der Waals surface area contributed by atoms with Gasteiger partial charge in [0, 0.05) is 0 Å². The maximum Gasteiger partial charge on any atom is 0.573 e. The van der Waals surface area contributed by atoms with Gasteiger partial charge in [0.15, 0.2) is 5.75 Å². The summed E-state index contributed by atoms with van der Waals surface area (Å²) in [6, 6.07) is 0.335. The number of halogens is 5. The lowest BCUT2D eigenvalue weighted by molar-refractivity contribution is -0.275. The van der Waals surface area contributed by atoms with Crippen LogP contribution in [-0.4, -0.2) is 22.4 Å². The van der Waals surface area contributed by atoms with E-state index in [2.05, 4.69) is 4.74 Å². The van der Waals surface area contributed by atoms with Crippen LogP contribution in [0.1, 0.15) is 17.7 Å². The van der Waals surface area contributed by atoms with Crippen molar-refractivity contribution in [2.45, 2.75) is 19.2 Å². The fourth-order valence-electron chi connectivity index (χ4n) is 1.27. The topological polar surface area (TPSA) is 79.4 Å². The number of aromatic amines is 1. The number of hydrogen-bond donors (Lipinski definition) is 2. The first-order valence-electron chi connectivity index (χ1n) is 4.62. The lowest BCUT2D eigenvalue weighted by atomic mass is 10.1. The second kappa shape index (κ2) is 5.24. The van der Waals surface area contributed by atoms with Crippen LogP contribution in [0.4, 0.5) is 22.0 Å². The van der Waals surface area contributed by atoms with Gasteiger partial charge in [0.1, 0.15) is 0 Å². The smallest absolute Gasteiger partial charge is 0.481 e. The van der Waals surface area contributed by atoms with Gasteiger partial charge >= 0.3 is 12.3 Å². The number of alkyl halides is 5. The van der Waals surface area contributed by atoms with E-state index < -0.39 is 47.7 Å². The van der Waals surface area contributed by atoms with Crippen LogP contribution < -0.4 is 10.3 Å². The van der Waals surface area contributed by atoms with Gasteiger partial charge in [-0.1, -0.05) is 0 Å². The van der Waals surface area contributed by atoms with Gasteiger partial charge in [0.05, 0.1) is 12.1 Å². The van der Waals surface area contributed by atoms with Crippen LogP contribution in [0.3, 0.4) is 0 Å². The SMILES string of the molecule is O=C(O)Cc1cc(OC(F)(F)F)c(=O)[nH]c1C(F)F. The second-order valence-corrected chi connectivity index (χ2v) is 3.32. The van der Waals surface area contributed by atoms with Gasteiger partial charge in [0.2, 0.25) is 0 Å². The van der Waals surface area contributed by atoms with Crippen molar-refractivity contribution in [3.05, 3.63) is 27.7 Å². The number of rotatable bonds is 4. The highest BCUT2D eigenvalue weighted by Crippen LogP contribution is 2.25. The highest BCUT2D eigenvalue weighted by molar-refractivity contribution is 5.70. The van der Waals surface area contributed by atoms with E-state index in [1.54, 1.807) is 0 Å². The summed E-state index contributed by atoms with van der Waals surface area (Å²) in [6.07, 6.45) is -9.41. The summed E-state index contributed by atoms with van der Waals surface area (Å²) in [4.78, 5) is 23.0. The first-order chi connectivity index (χ1) is 8.60. The Balaban J connectivity index is 3.29. The van der Waals surface area contributed by atoms with Crippen LogP contribution >= 0.6 is 0 Å². The molecule has 19 heavy (non-hydrogen) atoms. The van der Waals surface area contributed by atoms with E-state index in [0.29, 0.717) is 6.07 Å². The zero-order chi connectivity index (χ0) is 14.8. The Bertz CT molecular complexity index is 536. The fourth-order valence-corrected chi connectivity index (χ4v) is 1.27. The molecule has 0 aliphatic heterocycles. The Hall–Kier alpha value is -2.13. The van der Waals surface area contributed by atoms with Gasteiger partial charge in [-0.3, -0.25) is 9.59 Å². The highest BCUT2D eigenvalue weighted by Gasteiger charge is 2.33. The number of carboxylic acid groups (broad SMARTS) is 1. The zero-order valence-electron chi connectivity index (χ0n) is 8.92. The molecule has 0 bridgehead atoms. The van der Waals surface area contributed by atoms with E-state index in [4.69, 9.17) is 5.11 Å². The minimum absolute atomic E-state index is 0.335. The molecule has 106 valence electrons. The van der Waals surface area contributed by atoms with Gasteiger partial charge in [-0.05, 0) is 11.6 Å². The molecule has 0 saturated carbocycles. The Morgan fingerprint density at radius 3 is 2.42 bits per heavy atom. The highest BCUT2D eigenvalue weighted by atomic mass is 19.4. The van der Waals surface area contributed by atoms with Crippen LogP contribution in [0, 0.1) is 0 Å². The largest absolute Gasteiger partial charge is 0.573 e. The molecule has 1 aromatic rings. The van der Waals surface area contributed by atoms with Gasteiger partial charge in [-0.25, -0.2) is 8.78 Å². The van der Waals surface area contributed by atoms with Crippen molar-refractivity contribution < 1.29 is 36.6 Å². The summed E-state index contributed by atoms with van der Waals surface area (Å²) in [6.45, 7) is 0. The third-order valence-corrected chi connectivity index (χ3v) is 1.91. The number of ether oxygens (including phenoxy) is 1. The average molecular weight is 287 g/mol. The van der Waals surface area contributed by atoms with Crippen LogP contribution in [0.2, 0.25) is 0 Å². The Kier molecular flexibility index (Phi) is 4.12. The van der Waals surface area contributed by atoms with Gasteiger partial charge in [0.25, 0.3) is 12.0 Å². The van der Waals surface area contributed by atoms with Crippen molar-refractivity contribution in [2.75, 3.05) is 0 Å². The Labute approximate surface area is 101 Å². The number of pyridine rings is 1. The molecular formula is C9H6F5NO4. The predicted molar refractivity (Wildman–Crippen MR) is 50.0 cm³/mol. The maximum absolute atomic E-state index is 12.5. The average Bonchev–Trinajstić information content (AvgIpc) is 2.19. The maximum atomic E-state index is 12.5. The molecule has 1 rings (SSSR count).